The molecule has 0 aliphatic rings. The summed E-state index contributed by atoms with van der Waals surface area (Å²) in [5.41, 5.74) is 0. The van der Waals surface area contributed by atoms with E-state index in [4.69, 9.17) is 9.05 Å². The first-order valence-electron chi connectivity index (χ1n) is 6.38. The Balaban J connectivity index is 4.27. The van der Waals surface area contributed by atoms with E-state index in [2.05, 4.69) is 6.92 Å². The lowest BCUT2D eigenvalue weighted by molar-refractivity contribution is 0.0768. The summed E-state index contributed by atoms with van der Waals surface area (Å²) >= 11 is 0. The molecular formula is C12H27O4P. The molecule has 1 unspecified atom stereocenters. The van der Waals surface area contributed by atoms with Crippen molar-refractivity contribution in [1.82, 2.24) is 0 Å². The summed E-state index contributed by atoms with van der Waals surface area (Å²) in [5.74, 6) is 0. The van der Waals surface area contributed by atoms with E-state index >= 15 is 0 Å². The van der Waals surface area contributed by atoms with Crippen molar-refractivity contribution in [3.8, 4) is 0 Å². The zero-order valence-electron chi connectivity index (χ0n) is 11.7. The molecule has 0 bridgehead atoms. The van der Waals surface area contributed by atoms with E-state index in [9.17, 15) is 9.67 Å². The maximum Gasteiger partial charge on any atom is 0.361 e. The summed E-state index contributed by atoms with van der Waals surface area (Å²) in [6.07, 6.45) is 3.94. The van der Waals surface area contributed by atoms with Gasteiger partial charge in [-0.15, -0.1) is 0 Å². The number of unbranched alkanes of at least 4 members (excludes halogenated alkanes) is 3. The quantitative estimate of drug-likeness (QED) is 0.507. The Morgan fingerprint density at radius 2 is 1.82 bits per heavy atom. The lowest BCUT2D eigenvalue weighted by Gasteiger charge is -2.30. The van der Waals surface area contributed by atoms with E-state index < -0.39 is 12.9 Å². The second kappa shape index (κ2) is 7.52. The third kappa shape index (κ3) is 6.56. The first-order chi connectivity index (χ1) is 7.73. The van der Waals surface area contributed by atoms with Crippen molar-refractivity contribution < 1.29 is 18.7 Å². The summed E-state index contributed by atoms with van der Waals surface area (Å²) in [4.78, 5) is 0. The fourth-order valence-electron chi connectivity index (χ4n) is 1.31. The van der Waals surface area contributed by atoms with Crippen LogP contribution in [0.2, 0.25) is 0 Å². The summed E-state index contributed by atoms with van der Waals surface area (Å²) in [5, 5.41) is 8.42. The average molecular weight is 266 g/mol. The van der Waals surface area contributed by atoms with E-state index in [-0.39, 0.29) is 6.10 Å². The van der Waals surface area contributed by atoms with Gasteiger partial charge in [0.2, 0.25) is 0 Å². The smallest absolute Gasteiger partial charge is 0.361 e. The van der Waals surface area contributed by atoms with Crippen LogP contribution in [0.3, 0.4) is 0 Å². The predicted molar refractivity (Wildman–Crippen MR) is 70.2 cm³/mol. The molecule has 0 saturated heterocycles. The van der Waals surface area contributed by atoms with Gasteiger partial charge < -0.3 is 14.2 Å². The minimum atomic E-state index is -3.45. The highest BCUT2D eigenvalue weighted by Crippen LogP contribution is 2.59. The number of rotatable bonds is 9. The monoisotopic (exact) mass is 266 g/mol. The van der Waals surface area contributed by atoms with Gasteiger partial charge in [-0.05, 0) is 34.1 Å². The van der Waals surface area contributed by atoms with Gasteiger partial charge >= 0.3 is 7.60 Å². The van der Waals surface area contributed by atoms with Gasteiger partial charge in [0.15, 0.2) is 5.34 Å². The van der Waals surface area contributed by atoms with E-state index in [1.54, 1.807) is 13.8 Å². The normalized spacial score (nSPS) is 16.2. The molecule has 0 aromatic carbocycles. The van der Waals surface area contributed by atoms with Gasteiger partial charge in [0.05, 0.1) is 12.7 Å². The van der Waals surface area contributed by atoms with Crippen molar-refractivity contribution in [3.63, 3.8) is 0 Å². The average Bonchev–Trinajstić information content (AvgIpc) is 2.14. The Hall–Kier alpha value is 0.110. The summed E-state index contributed by atoms with van der Waals surface area (Å²) in [6.45, 7) is 8.97. The highest BCUT2D eigenvalue weighted by atomic mass is 31.2. The molecule has 0 aromatic heterocycles. The van der Waals surface area contributed by atoms with E-state index in [0.717, 1.165) is 25.7 Å². The van der Waals surface area contributed by atoms with Crippen LogP contribution in [0.5, 0.6) is 0 Å². The van der Waals surface area contributed by atoms with Crippen molar-refractivity contribution in [1.29, 1.82) is 0 Å². The van der Waals surface area contributed by atoms with Crippen LogP contribution < -0.4 is 0 Å². The highest BCUT2D eigenvalue weighted by Gasteiger charge is 2.42. The van der Waals surface area contributed by atoms with Crippen molar-refractivity contribution in [2.45, 2.75) is 71.7 Å². The van der Waals surface area contributed by atoms with Crippen LogP contribution in [0.1, 0.15) is 60.3 Å². The predicted octanol–water partition coefficient (Wildman–Crippen LogP) is 3.93. The Morgan fingerprint density at radius 3 is 2.24 bits per heavy atom. The fourth-order valence-corrected chi connectivity index (χ4v) is 2.87. The molecule has 4 nitrogen and oxygen atoms in total. The molecule has 0 saturated carbocycles. The molecule has 0 radical (unpaired) electrons. The van der Waals surface area contributed by atoms with Gasteiger partial charge in [0.25, 0.3) is 0 Å². The van der Waals surface area contributed by atoms with Crippen LogP contribution in [0.15, 0.2) is 0 Å². The topological polar surface area (TPSA) is 55.8 Å². The minimum absolute atomic E-state index is 0.233. The molecule has 0 amide bonds. The lowest BCUT2D eigenvalue weighted by atomic mass is 10.2. The Morgan fingerprint density at radius 1 is 1.24 bits per heavy atom. The van der Waals surface area contributed by atoms with Crippen molar-refractivity contribution in [2.24, 2.45) is 0 Å². The zero-order valence-corrected chi connectivity index (χ0v) is 12.6. The van der Waals surface area contributed by atoms with E-state index in [0.29, 0.717) is 6.61 Å². The summed E-state index contributed by atoms with van der Waals surface area (Å²) in [6, 6.07) is 0. The van der Waals surface area contributed by atoms with Crippen LogP contribution in [-0.2, 0) is 13.6 Å². The first-order valence-corrected chi connectivity index (χ1v) is 7.92. The largest absolute Gasteiger partial charge is 0.378 e. The molecule has 0 aliphatic heterocycles. The third-order valence-corrected chi connectivity index (χ3v) is 4.84. The van der Waals surface area contributed by atoms with Crippen LogP contribution in [0.4, 0.5) is 0 Å². The summed E-state index contributed by atoms with van der Waals surface area (Å²) in [7, 11) is -3.45. The molecule has 104 valence electrons. The first kappa shape index (κ1) is 17.1. The minimum Gasteiger partial charge on any atom is -0.378 e. The van der Waals surface area contributed by atoms with E-state index in [1.807, 2.05) is 0 Å². The van der Waals surface area contributed by atoms with Gasteiger partial charge in [-0.1, -0.05) is 26.2 Å². The van der Waals surface area contributed by atoms with Gasteiger partial charge in [0, 0.05) is 0 Å². The van der Waals surface area contributed by atoms with Gasteiger partial charge in [-0.25, -0.2) is 0 Å². The molecular weight excluding hydrogens is 239 g/mol. The second-order valence-corrected chi connectivity index (χ2v) is 7.60. The number of hydrogen-bond donors (Lipinski definition) is 1. The SMILES string of the molecule is CCCCCCOP(=O)(OC(C)C)C(C)(C)O. The summed E-state index contributed by atoms with van der Waals surface area (Å²) < 4.78 is 23.0. The maximum absolute atomic E-state index is 12.4. The van der Waals surface area contributed by atoms with Crippen LogP contribution >= 0.6 is 7.60 Å². The Labute approximate surface area is 105 Å². The molecule has 1 N–H and O–H groups in total. The molecule has 0 aromatic rings. The van der Waals surface area contributed by atoms with E-state index in [1.165, 1.54) is 13.8 Å². The molecule has 17 heavy (non-hydrogen) atoms. The van der Waals surface area contributed by atoms with Crippen LogP contribution in [0, 0.1) is 0 Å². The van der Waals surface area contributed by atoms with Gasteiger partial charge in [-0.2, -0.15) is 0 Å². The third-order valence-electron chi connectivity index (χ3n) is 2.28. The second-order valence-electron chi connectivity index (χ2n) is 5.04. The standard InChI is InChI=1S/C12H27O4P/c1-6-7-8-9-10-15-17(14,12(4,5)13)16-11(2)3/h11,13H,6-10H2,1-5H3. The molecule has 1 atom stereocenters. The van der Waals surface area contributed by atoms with Crippen LogP contribution in [-0.4, -0.2) is 23.2 Å². The highest BCUT2D eigenvalue weighted by molar-refractivity contribution is 7.55. The molecule has 0 aliphatic carbocycles. The van der Waals surface area contributed by atoms with Crippen LogP contribution in [0.25, 0.3) is 0 Å². The molecule has 0 rings (SSSR count). The van der Waals surface area contributed by atoms with Crippen molar-refractivity contribution in [2.75, 3.05) is 6.61 Å². The molecule has 5 heteroatoms. The van der Waals surface area contributed by atoms with Crippen molar-refractivity contribution >= 4 is 7.60 Å². The molecule has 0 spiro atoms. The molecule has 0 fully saturated rings. The maximum atomic E-state index is 12.4. The van der Waals surface area contributed by atoms with Gasteiger partial charge in [-0.3, -0.25) is 4.57 Å². The Kier molecular flexibility index (Phi) is 7.57. The van der Waals surface area contributed by atoms with Crippen molar-refractivity contribution in [3.05, 3.63) is 0 Å². The lowest BCUT2D eigenvalue weighted by Crippen LogP contribution is -2.24. The van der Waals surface area contributed by atoms with Gasteiger partial charge in [0.1, 0.15) is 0 Å². The Bertz CT molecular complexity index is 245. The number of hydrogen-bond acceptors (Lipinski definition) is 4. The number of aliphatic hydroxyl groups is 1. The molecule has 0 heterocycles. The fraction of sp³-hybridized carbons (Fsp3) is 1.00. The zero-order chi connectivity index (χ0) is 13.5.